The second-order valence-corrected chi connectivity index (χ2v) is 4.43. The van der Waals surface area contributed by atoms with Crippen LogP contribution in [0.5, 0.6) is 0 Å². The number of anilines is 1. The van der Waals surface area contributed by atoms with Gasteiger partial charge in [-0.1, -0.05) is 36.4 Å². The molecule has 0 saturated carbocycles. The Morgan fingerprint density at radius 2 is 1.63 bits per heavy atom. The SMILES string of the molecule is NC(=O)N1Cc2ccccc2C(=O)c2ccccc21. The standard InChI is InChI=1S/C15H12N2O2/c16-15(19)17-9-10-5-1-2-6-11(10)14(18)12-7-3-4-8-13(12)17/h1-8H,9H2,(H2,16,19). The molecule has 0 aromatic heterocycles. The number of urea groups is 1. The lowest BCUT2D eigenvalue weighted by Crippen LogP contribution is -2.35. The molecule has 94 valence electrons. The van der Waals surface area contributed by atoms with Crippen molar-refractivity contribution >= 4 is 17.5 Å². The molecule has 2 aromatic rings. The highest BCUT2D eigenvalue weighted by Crippen LogP contribution is 2.30. The molecule has 1 aliphatic rings. The maximum Gasteiger partial charge on any atom is 0.319 e. The third kappa shape index (κ3) is 1.78. The third-order valence-electron chi connectivity index (χ3n) is 3.30. The molecular formula is C15H12N2O2. The largest absolute Gasteiger partial charge is 0.351 e. The fourth-order valence-corrected chi connectivity index (χ4v) is 2.38. The molecule has 0 aliphatic carbocycles. The van der Waals surface area contributed by atoms with Crippen LogP contribution in [0.25, 0.3) is 0 Å². The maximum atomic E-state index is 12.5. The van der Waals surface area contributed by atoms with Crippen molar-refractivity contribution in [3.05, 3.63) is 65.2 Å². The Morgan fingerprint density at radius 3 is 2.37 bits per heavy atom. The number of rotatable bonds is 0. The smallest absolute Gasteiger partial charge is 0.319 e. The summed E-state index contributed by atoms with van der Waals surface area (Å²) in [4.78, 5) is 25.6. The highest BCUT2D eigenvalue weighted by Gasteiger charge is 2.26. The number of para-hydroxylation sites is 1. The molecule has 2 aromatic carbocycles. The average molecular weight is 252 g/mol. The monoisotopic (exact) mass is 252 g/mol. The van der Waals surface area contributed by atoms with Gasteiger partial charge in [0.05, 0.1) is 12.2 Å². The van der Waals surface area contributed by atoms with Crippen LogP contribution in [0.15, 0.2) is 48.5 Å². The Bertz CT molecular complexity index is 679. The van der Waals surface area contributed by atoms with Crippen LogP contribution in [0.4, 0.5) is 10.5 Å². The molecule has 0 fully saturated rings. The summed E-state index contributed by atoms with van der Waals surface area (Å²) < 4.78 is 0. The molecule has 0 unspecified atom stereocenters. The number of carbonyl (C=O) groups excluding carboxylic acids is 2. The van der Waals surface area contributed by atoms with Crippen molar-refractivity contribution in [2.24, 2.45) is 5.73 Å². The summed E-state index contributed by atoms with van der Waals surface area (Å²) in [7, 11) is 0. The van der Waals surface area contributed by atoms with Gasteiger partial charge in [0.25, 0.3) is 0 Å². The van der Waals surface area contributed by atoms with E-state index in [0.29, 0.717) is 23.4 Å². The summed E-state index contributed by atoms with van der Waals surface area (Å²) in [5, 5.41) is 0. The van der Waals surface area contributed by atoms with Crippen LogP contribution < -0.4 is 10.6 Å². The van der Waals surface area contributed by atoms with Gasteiger partial charge in [-0.2, -0.15) is 0 Å². The van der Waals surface area contributed by atoms with Crippen LogP contribution >= 0.6 is 0 Å². The van der Waals surface area contributed by atoms with Gasteiger partial charge < -0.3 is 5.73 Å². The van der Waals surface area contributed by atoms with Crippen molar-refractivity contribution in [1.82, 2.24) is 0 Å². The number of ketones is 1. The minimum absolute atomic E-state index is 0.0741. The molecular weight excluding hydrogens is 240 g/mol. The van der Waals surface area contributed by atoms with Gasteiger partial charge in [-0.05, 0) is 17.7 Å². The lowest BCUT2D eigenvalue weighted by atomic mass is 9.99. The average Bonchev–Trinajstić information content (AvgIpc) is 2.56. The van der Waals surface area contributed by atoms with Crippen LogP contribution in [-0.2, 0) is 6.54 Å². The van der Waals surface area contributed by atoms with Gasteiger partial charge in [-0.15, -0.1) is 0 Å². The van der Waals surface area contributed by atoms with Crippen LogP contribution in [0.1, 0.15) is 21.5 Å². The van der Waals surface area contributed by atoms with Gasteiger partial charge in [-0.3, -0.25) is 9.69 Å². The van der Waals surface area contributed by atoms with Crippen molar-refractivity contribution in [2.45, 2.75) is 6.54 Å². The van der Waals surface area contributed by atoms with E-state index >= 15 is 0 Å². The van der Waals surface area contributed by atoms with E-state index in [1.54, 1.807) is 30.3 Å². The van der Waals surface area contributed by atoms with Crippen LogP contribution in [-0.4, -0.2) is 11.8 Å². The van der Waals surface area contributed by atoms with Crippen molar-refractivity contribution in [1.29, 1.82) is 0 Å². The van der Waals surface area contributed by atoms with E-state index in [2.05, 4.69) is 0 Å². The van der Waals surface area contributed by atoms with Gasteiger partial charge in [0.1, 0.15) is 0 Å². The van der Waals surface area contributed by atoms with Gasteiger partial charge >= 0.3 is 6.03 Å². The Kier molecular flexibility index (Phi) is 2.56. The molecule has 0 radical (unpaired) electrons. The number of carbonyl (C=O) groups is 2. The first-order valence-electron chi connectivity index (χ1n) is 5.97. The Morgan fingerprint density at radius 1 is 1.00 bits per heavy atom. The van der Waals surface area contributed by atoms with Gasteiger partial charge in [-0.25, -0.2) is 4.79 Å². The molecule has 1 aliphatic heterocycles. The second-order valence-electron chi connectivity index (χ2n) is 4.43. The third-order valence-corrected chi connectivity index (χ3v) is 3.30. The van der Waals surface area contributed by atoms with Crippen molar-refractivity contribution < 1.29 is 9.59 Å². The molecule has 1 heterocycles. The van der Waals surface area contributed by atoms with Crippen LogP contribution in [0, 0.1) is 0 Å². The van der Waals surface area contributed by atoms with Gasteiger partial charge in [0, 0.05) is 11.1 Å². The van der Waals surface area contributed by atoms with Gasteiger partial charge in [0.15, 0.2) is 5.78 Å². The molecule has 2 N–H and O–H groups in total. The number of benzene rings is 2. The fourth-order valence-electron chi connectivity index (χ4n) is 2.38. The number of nitrogens with zero attached hydrogens (tertiary/aromatic N) is 1. The van der Waals surface area contributed by atoms with E-state index in [1.807, 2.05) is 18.2 Å². The zero-order valence-corrected chi connectivity index (χ0v) is 10.2. The number of fused-ring (bicyclic) bond motifs is 2. The number of primary amides is 1. The molecule has 4 heteroatoms. The summed E-state index contributed by atoms with van der Waals surface area (Å²) in [6, 6.07) is 13.8. The van der Waals surface area contributed by atoms with Crippen LogP contribution in [0.3, 0.4) is 0 Å². The summed E-state index contributed by atoms with van der Waals surface area (Å²) in [6.07, 6.45) is 0. The lowest BCUT2D eigenvalue weighted by molar-refractivity contribution is 0.103. The molecule has 3 rings (SSSR count). The Balaban J connectivity index is 2.27. The molecule has 4 nitrogen and oxygen atoms in total. The first kappa shape index (κ1) is 11.5. The predicted octanol–water partition coefficient (Wildman–Crippen LogP) is 2.32. The number of hydrogen-bond donors (Lipinski definition) is 1. The minimum atomic E-state index is -0.558. The first-order valence-corrected chi connectivity index (χ1v) is 5.97. The summed E-state index contributed by atoms with van der Waals surface area (Å²) in [6.45, 7) is 0.314. The molecule has 0 bridgehead atoms. The van der Waals surface area contributed by atoms with E-state index in [1.165, 1.54) is 4.90 Å². The topological polar surface area (TPSA) is 63.4 Å². The summed E-state index contributed by atoms with van der Waals surface area (Å²) in [5.41, 5.74) is 7.93. The Labute approximate surface area is 110 Å². The second kappa shape index (κ2) is 4.24. The zero-order valence-electron chi connectivity index (χ0n) is 10.2. The van der Waals surface area contributed by atoms with Crippen molar-refractivity contribution in [3.8, 4) is 0 Å². The predicted molar refractivity (Wildman–Crippen MR) is 72.1 cm³/mol. The Hall–Kier alpha value is -2.62. The lowest BCUT2D eigenvalue weighted by Gasteiger charge is -2.20. The minimum Gasteiger partial charge on any atom is -0.351 e. The number of nitrogens with two attached hydrogens (primary N) is 1. The molecule has 0 atom stereocenters. The van der Waals surface area contributed by atoms with Crippen molar-refractivity contribution in [2.75, 3.05) is 4.90 Å². The normalized spacial score (nSPS) is 13.5. The molecule has 19 heavy (non-hydrogen) atoms. The van der Waals surface area contributed by atoms with Gasteiger partial charge in [0.2, 0.25) is 0 Å². The van der Waals surface area contributed by atoms with Crippen molar-refractivity contribution in [3.63, 3.8) is 0 Å². The van der Waals surface area contributed by atoms with Crippen LogP contribution in [0.2, 0.25) is 0 Å². The highest BCUT2D eigenvalue weighted by atomic mass is 16.2. The maximum absolute atomic E-state index is 12.5. The summed E-state index contributed by atoms with van der Waals surface area (Å²) >= 11 is 0. The number of amides is 2. The number of hydrogen-bond acceptors (Lipinski definition) is 2. The van der Waals surface area contributed by atoms with E-state index < -0.39 is 6.03 Å². The quantitative estimate of drug-likeness (QED) is 0.782. The van der Waals surface area contributed by atoms with E-state index in [9.17, 15) is 9.59 Å². The van der Waals surface area contributed by atoms with E-state index in [4.69, 9.17) is 5.73 Å². The molecule has 0 spiro atoms. The molecule has 2 amide bonds. The fraction of sp³-hybridized carbons (Fsp3) is 0.0667. The first-order chi connectivity index (χ1) is 9.18. The summed E-state index contributed by atoms with van der Waals surface area (Å²) in [5.74, 6) is -0.0741. The van der Waals surface area contributed by atoms with E-state index in [-0.39, 0.29) is 5.78 Å². The van der Waals surface area contributed by atoms with E-state index in [0.717, 1.165) is 5.56 Å². The molecule has 0 saturated heterocycles. The zero-order chi connectivity index (χ0) is 13.4. The highest BCUT2D eigenvalue weighted by molar-refractivity contribution is 6.15.